The van der Waals surface area contributed by atoms with Crippen LogP contribution >= 0.6 is 0 Å². The van der Waals surface area contributed by atoms with Crippen LogP contribution in [0.25, 0.3) is 0 Å². The topological polar surface area (TPSA) is 69.7 Å². The Morgan fingerprint density at radius 2 is 2.05 bits per heavy atom. The normalized spacial score (nSPS) is 47.1. The molecule has 6 atom stereocenters. The number of carbonyl (C=O) groups is 3. The van der Waals surface area contributed by atoms with Gasteiger partial charge in [0, 0.05) is 5.92 Å². The predicted molar refractivity (Wildman–Crippen MR) is 65.9 cm³/mol. The van der Waals surface area contributed by atoms with Crippen molar-refractivity contribution >= 4 is 17.9 Å². The fourth-order valence-corrected chi connectivity index (χ4v) is 4.91. The number of allylic oxidation sites excluding steroid dienone is 4. The molecule has 4 aliphatic rings. The highest BCUT2D eigenvalue weighted by Gasteiger charge is 2.76. The standard InChI is InChI=1S/C15H14O5/c1-19-14(18)15-6-8(7-4-2-3-5-9(7)15)10-11(15)13(17)20-12(10)16/h2-5,7-11H,6H2,1H3/t7-,8-,9-,10-,11+,15-/m0/s1. The van der Waals surface area contributed by atoms with Gasteiger partial charge in [0.1, 0.15) is 0 Å². The first kappa shape index (κ1) is 11.9. The van der Waals surface area contributed by atoms with E-state index in [1.165, 1.54) is 7.11 Å². The lowest BCUT2D eigenvalue weighted by Gasteiger charge is -2.39. The number of carbonyl (C=O) groups excluding carboxylic acids is 3. The Kier molecular flexibility index (Phi) is 2.13. The maximum atomic E-state index is 12.4. The number of ether oxygens (including phenoxy) is 2. The zero-order valence-corrected chi connectivity index (χ0v) is 10.9. The average Bonchev–Trinajstić information content (AvgIpc) is 3.07. The van der Waals surface area contributed by atoms with E-state index in [1.54, 1.807) is 0 Å². The first-order valence-electron chi connectivity index (χ1n) is 6.80. The minimum Gasteiger partial charge on any atom is -0.469 e. The molecular weight excluding hydrogens is 260 g/mol. The van der Waals surface area contributed by atoms with Crippen molar-refractivity contribution in [3.05, 3.63) is 24.3 Å². The van der Waals surface area contributed by atoms with E-state index >= 15 is 0 Å². The number of rotatable bonds is 1. The van der Waals surface area contributed by atoms with Gasteiger partial charge in [0.25, 0.3) is 0 Å². The molecule has 0 N–H and O–H groups in total. The van der Waals surface area contributed by atoms with Crippen molar-refractivity contribution in [2.24, 2.45) is 35.0 Å². The summed E-state index contributed by atoms with van der Waals surface area (Å²) in [6.07, 6.45) is 8.35. The number of fused-ring (bicyclic) bond motifs is 8. The molecule has 1 saturated heterocycles. The van der Waals surface area contributed by atoms with Crippen LogP contribution < -0.4 is 0 Å². The van der Waals surface area contributed by atoms with Crippen molar-refractivity contribution in [1.82, 2.24) is 0 Å². The molecule has 2 bridgehead atoms. The second-order valence-electron chi connectivity index (χ2n) is 6.02. The van der Waals surface area contributed by atoms with Crippen LogP contribution in [-0.4, -0.2) is 25.0 Å². The summed E-state index contributed by atoms with van der Waals surface area (Å²) in [7, 11) is 1.33. The Hall–Kier alpha value is -1.91. The Labute approximate surface area is 115 Å². The van der Waals surface area contributed by atoms with Crippen LogP contribution in [0.1, 0.15) is 6.42 Å². The van der Waals surface area contributed by atoms with Crippen LogP contribution in [-0.2, 0) is 23.9 Å². The molecule has 4 rings (SSSR count). The summed E-state index contributed by atoms with van der Waals surface area (Å²) in [6, 6.07) is 0. The quantitative estimate of drug-likeness (QED) is 0.524. The number of hydrogen-bond acceptors (Lipinski definition) is 5. The van der Waals surface area contributed by atoms with Gasteiger partial charge >= 0.3 is 17.9 Å². The fourth-order valence-electron chi connectivity index (χ4n) is 4.91. The van der Waals surface area contributed by atoms with E-state index in [0.29, 0.717) is 6.42 Å². The highest BCUT2D eigenvalue weighted by Crippen LogP contribution is 2.69. The number of cyclic esters (lactones) is 2. The lowest BCUT2D eigenvalue weighted by molar-refractivity contribution is -0.165. The van der Waals surface area contributed by atoms with Crippen LogP contribution in [0.3, 0.4) is 0 Å². The molecular formula is C15H14O5. The van der Waals surface area contributed by atoms with Gasteiger partial charge in [0.15, 0.2) is 0 Å². The van der Waals surface area contributed by atoms with Crippen LogP contribution in [0, 0.1) is 35.0 Å². The van der Waals surface area contributed by atoms with Crippen molar-refractivity contribution in [2.45, 2.75) is 6.42 Å². The van der Waals surface area contributed by atoms with Crippen molar-refractivity contribution in [3.63, 3.8) is 0 Å². The van der Waals surface area contributed by atoms with Crippen LogP contribution in [0.15, 0.2) is 24.3 Å². The lowest BCUT2D eigenvalue weighted by atomic mass is 9.60. The third-order valence-corrected chi connectivity index (χ3v) is 5.51. The zero-order chi connectivity index (χ0) is 14.1. The van der Waals surface area contributed by atoms with E-state index in [9.17, 15) is 14.4 Å². The zero-order valence-electron chi connectivity index (χ0n) is 10.9. The maximum absolute atomic E-state index is 12.4. The molecule has 2 saturated carbocycles. The molecule has 20 heavy (non-hydrogen) atoms. The van der Waals surface area contributed by atoms with Crippen molar-refractivity contribution in [2.75, 3.05) is 7.11 Å². The molecule has 0 aromatic rings. The average molecular weight is 274 g/mol. The molecule has 0 radical (unpaired) electrons. The number of hydrogen-bond donors (Lipinski definition) is 0. The molecule has 104 valence electrons. The van der Waals surface area contributed by atoms with Crippen LogP contribution in [0.5, 0.6) is 0 Å². The minimum atomic E-state index is -0.931. The van der Waals surface area contributed by atoms with E-state index < -0.39 is 35.2 Å². The third kappa shape index (κ3) is 1.09. The Bertz CT molecular complexity index is 589. The molecule has 0 aromatic carbocycles. The largest absolute Gasteiger partial charge is 0.469 e. The van der Waals surface area contributed by atoms with Crippen molar-refractivity contribution < 1.29 is 23.9 Å². The van der Waals surface area contributed by atoms with Crippen molar-refractivity contribution in [1.29, 1.82) is 0 Å². The van der Waals surface area contributed by atoms with Crippen LogP contribution in [0.2, 0.25) is 0 Å². The molecule has 3 aliphatic carbocycles. The maximum Gasteiger partial charge on any atom is 0.318 e. The molecule has 1 heterocycles. The van der Waals surface area contributed by atoms with Gasteiger partial charge in [-0.2, -0.15) is 0 Å². The Morgan fingerprint density at radius 1 is 1.30 bits per heavy atom. The summed E-state index contributed by atoms with van der Waals surface area (Å²) in [6.45, 7) is 0. The number of esters is 3. The fraction of sp³-hybridized carbons (Fsp3) is 0.533. The molecule has 0 amide bonds. The molecule has 5 nitrogen and oxygen atoms in total. The number of methoxy groups -OCH3 is 1. The molecule has 3 fully saturated rings. The first-order chi connectivity index (χ1) is 9.61. The SMILES string of the molecule is COC(=O)[C@@]12C[C@@H]([C@@H]3C=CC=C[C@@H]31)[C@@H]1C(=O)OC(=O)[C@@H]12. The van der Waals surface area contributed by atoms with E-state index in [-0.39, 0.29) is 17.8 Å². The first-order valence-corrected chi connectivity index (χ1v) is 6.80. The van der Waals surface area contributed by atoms with Gasteiger partial charge in [-0.15, -0.1) is 0 Å². The summed E-state index contributed by atoms with van der Waals surface area (Å²) < 4.78 is 9.78. The van der Waals surface area contributed by atoms with E-state index in [2.05, 4.69) is 0 Å². The summed E-state index contributed by atoms with van der Waals surface area (Å²) in [5.41, 5.74) is -0.931. The Morgan fingerprint density at radius 3 is 2.80 bits per heavy atom. The van der Waals surface area contributed by atoms with Gasteiger partial charge in [-0.1, -0.05) is 24.3 Å². The van der Waals surface area contributed by atoms with Gasteiger partial charge in [-0.25, -0.2) is 0 Å². The smallest absolute Gasteiger partial charge is 0.318 e. The predicted octanol–water partition coefficient (Wildman–Crippen LogP) is 0.853. The Balaban J connectivity index is 1.90. The van der Waals surface area contributed by atoms with Gasteiger partial charge in [0.2, 0.25) is 0 Å². The van der Waals surface area contributed by atoms with E-state index in [1.807, 2.05) is 24.3 Å². The second kappa shape index (κ2) is 3.59. The molecule has 1 aliphatic heterocycles. The minimum absolute atomic E-state index is 0.00995. The van der Waals surface area contributed by atoms with E-state index in [4.69, 9.17) is 9.47 Å². The molecule has 0 unspecified atom stereocenters. The van der Waals surface area contributed by atoms with Gasteiger partial charge in [0.05, 0.1) is 24.4 Å². The van der Waals surface area contributed by atoms with Crippen LogP contribution in [0.4, 0.5) is 0 Å². The molecule has 5 heteroatoms. The summed E-state index contributed by atoms with van der Waals surface area (Å²) in [5.74, 6) is -2.57. The summed E-state index contributed by atoms with van der Waals surface area (Å²) in [5, 5.41) is 0. The summed E-state index contributed by atoms with van der Waals surface area (Å²) in [4.78, 5) is 36.5. The monoisotopic (exact) mass is 274 g/mol. The highest BCUT2D eigenvalue weighted by atomic mass is 16.6. The molecule has 0 spiro atoms. The molecule has 0 aromatic heterocycles. The van der Waals surface area contributed by atoms with Gasteiger partial charge < -0.3 is 9.47 Å². The van der Waals surface area contributed by atoms with Gasteiger partial charge in [-0.05, 0) is 18.3 Å². The second-order valence-corrected chi connectivity index (χ2v) is 6.02. The third-order valence-electron chi connectivity index (χ3n) is 5.51. The lowest BCUT2D eigenvalue weighted by Crippen LogP contribution is -2.48. The van der Waals surface area contributed by atoms with E-state index in [0.717, 1.165) is 0 Å². The summed E-state index contributed by atoms with van der Waals surface area (Å²) >= 11 is 0. The highest BCUT2D eigenvalue weighted by molar-refractivity contribution is 6.02. The van der Waals surface area contributed by atoms with Crippen molar-refractivity contribution in [3.8, 4) is 0 Å². The van der Waals surface area contributed by atoms with Gasteiger partial charge in [-0.3, -0.25) is 14.4 Å².